The van der Waals surface area contributed by atoms with Gasteiger partial charge >= 0.3 is 0 Å². The number of ether oxygens (including phenoxy) is 1. The molecule has 7 heteroatoms. The molecule has 1 aromatic heterocycles. The van der Waals surface area contributed by atoms with Crippen LogP contribution in [0, 0.1) is 0 Å². The zero-order chi connectivity index (χ0) is 13.3. The van der Waals surface area contributed by atoms with Crippen molar-refractivity contribution in [2.24, 2.45) is 0 Å². The summed E-state index contributed by atoms with van der Waals surface area (Å²) in [5.74, 6) is -0.107. The Morgan fingerprint density at radius 2 is 2.06 bits per heavy atom. The Morgan fingerprint density at radius 3 is 2.47 bits per heavy atom. The molecule has 0 bridgehead atoms. The topological polar surface area (TPSA) is 76.5 Å². The van der Waals surface area contributed by atoms with Gasteiger partial charge in [-0.15, -0.1) is 11.3 Å². The molecule has 1 aromatic rings. The Bertz CT molecular complexity index is 485. The molecule has 0 saturated carbocycles. The molecule has 98 valence electrons. The molecule has 5 nitrogen and oxygen atoms in total. The van der Waals surface area contributed by atoms with E-state index in [2.05, 4.69) is 4.98 Å². The van der Waals surface area contributed by atoms with E-state index < -0.39 is 15.4 Å². The number of aromatic nitrogens is 1. The molecule has 0 atom stereocenters. The lowest BCUT2D eigenvalue weighted by molar-refractivity contribution is 0.0782. The minimum atomic E-state index is -3.12. The predicted octanol–water partition coefficient (Wildman–Crippen LogP) is 1.06. The molecule has 0 aliphatic heterocycles. The van der Waals surface area contributed by atoms with Crippen LogP contribution >= 0.6 is 11.3 Å². The third-order valence-corrected chi connectivity index (χ3v) is 4.36. The Labute approximate surface area is 105 Å². The molecule has 0 aromatic carbocycles. The minimum absolute atomic E-state index is 0.107. The van der Waals surface area contributed by atoms with E-state index in [1.54, 1.807) is 13.8 Å². The summed E-state index contributed by atoms with van der Waals surface area (Å²) >= 11 is 1.21. The van der Waals surface area contributed by atoms with E-state index in [4.69, 9.17) is 4.74 Å². The van der Waals surface area contributed by atoms with E-state index in [-0.39, 0.29) is 12.4 Å². The summed E-state index contributed by atoms with van der Waals surface area (Å²) in [6.07, 6.45) is 1.16. The van der Waals surface area contributed by atoms with Crippen molar-refractivity contribution in [2.75, 3.05) is 13.4 Å². The van der Waals surface area contributed by atoms with Gasteiger partial charge in [-0.25, -0.2) is 13.4 Å². The van der Waals surface area contributed by atoms with Crippen LogP contribution in [0.15, 0.2) is 0 Å². The van der Waals surface area contributed by atoms with E-state index >= 15 is 0 Å². The molecule has 0 radical (unpaired) electrons. The standard InChI is InChI=1S/C10H17NO4S2/c1-10(2,12)9-7(5-15-3)11-8(16-9)6-17(4,13)14/h12H,5-6H2,1-4H3. The molecular weight excluding hydrogens is 262 g/mol. The highest BCUT2D eigenvalue weighted by atomic mass is 32.2. The Balaban J connectivity index is 3.13. The number of hydrogen-bond donors (Lipinski definition) is 1. The number of methoxy groups -OCH3 is 1. The number of thiazole rings is 1. The van der Waals surface area contributed by atoms with Crippen LogP contribution in [0.1, 0.15) is 29.4 Å². The maximum Gasteiger partial charge on any atom is 0.153 e. The average molecular weight is 279 g/mol. The van der Waals surface area contributed by atoms with Crippen molar-refractivity contribution in [1.29, 1.82) is 0 Å². The third kappa shape index (κ3) is 4.34. The molecular formula is C10H17NO4S2. The van der Waals surface area contributed by atoms with Crippen molar-refractivity contribution in [1.82, 2.24) is 4.98 Å². The first kappa shape index (κ1) is 14.6. The number of rotatable bonds is 5. The monoisotopic (exact) mass is 279 g/mol. The summed E-state index contributed by atoms with van der Waals surface area (Å²) in [5, 5.41) is 10.5. The number of aliphatic hydroxyl groups is 1. The number of nitrogens with zero attached hydrogens (tertiary/aromatic N) is 1. The SMILES string of the molecule is COCc1nc(CS(C)(=O)=O)sc1C(C)(C)O. The lowest BCUT2D eigenvalue weighted by atomic mass is 10.1. The first-order chi connectivity index (χ1) is 7.63. The highest BCUT2D eigenvalue weighted by Gasteiger charge is 2.25. The second kappa shape index (κ2) is 5.01. The summed E-state index contributed by atoms with van der Waals surface area (Å²) < 4.78 is 27.4. The molecule has 0 amide bonds. The van der Waals surface area contributed by atoms with Gasteiger partial charge in [0, 0.05) is 13.4 Å². The van der Waals surface area contributed by atoms with E-state index in [1.165, 1.54) is 18.4 Å². The maximum absolute atomic E-state index is 11.2. The van der Waals surface area contributed by atoms with Gasteiger partial charge in [-0.05, 0) is 13.8 Å². The van der Waals surface area contributed by atoms with Crippen LogP contribution < -0.4 is 0 Å². The van der Waals surface area contributed by atoms with Gasteiger partial charge in [0.25, 0.3) is 0 Å². The molecule has 0 aliphatic carbocycles. The van der Waals surface area contributed by atoms with Crippen LogP contribution in [-0.2, 0) is 32.5 Å². The first-order valence-electron chi connectivity index (χ1n) is 5.01. The predicted molar refractivity (Wildman–Crippen MR) is 66.6 cm³/mol. The third-order valence-electron chi connectivity index (χ3n) is 1.96. The summed E-state index contributed by atoms with van der Waals surface area (Å²) in [6.45, 7) is 3.55. The quantitative estimate of drug-likeness (QED) is 0.872. The molecule has 0 unspecified atom stereocenters. The molecule has 1 N–H and O–H groups in total. The van der Waals surface area contributed by atoms with Gasteiger partial charge < -0.3 is 9.84 Å². The lowest BCUT2D eigenvalue weighted by Gasteiger charge is -2.16. The molecule has 1 heterocycles. The fraction of sp³-hybridized carbons (Fsp3) is 0.700. The fourth-order valence-corrected chi connectivity index (χ4v) is 3.65. The van der Waals surface area contributed by atoms with Gasteiger partial charge in [0.1, 0.15) is 10.8 Å². The van der Waals surface area contributed by atoms with Crippen molar-refractivity contribution in [3.8, 4) is 0 Å². The normalized spacial score (nSPS) is 13.0. The fourth-order valence-electron chi connectivity index (χ4n) is 1.40. The van der Waals surface area contributed by atoms with Crippen LogP contribution in [0.25, 0.3) is 0 Å². The van der Waals surface area contributed by atoms with E-state index in [1.807, 2.05) is 0 Å². The van der Waals surface area contributed by atoms with Crippen LogP contribution in [0.5, 0.6) is 0 Å². The highest BCUT2D eigenvalue weighted by Crippen LogP contribution is 2.31. The van der Waals surface area contributed by atoms with Crippen LogP contribution in [0.2, 0.25) is 0 Å². The van der Waals surface area contributed by atoms with E-state index in [9.17, 15) is 13.5 Å². The number of hydrogen-bond acceptors (Lipinski definition) is 6. The summed E-state index contributed by atoms with van der Waals surface area (Å²) in [5.41, 5.74) is -0.440. The maximum atomic E-state index is 11.2. The zero-order valence-corrected chi connectivity index (χ0v) is 12.0. The number of sulfone groups is 1. The highest BCUT2D eigenvalue weighted by molar-refractivity contribution is 7.90. The van der Waals surface area contributed by atoms with Gasteiger partial charge in [-0.2, -0.15) is 0 Å². The summed E-state index contributed by atoms with van der Waals surface area (Å²) in [6, 6.07) is 0. The summed E-state index contributed by atoms with van der Waals surface area (Å²) in [4.78, 5) is 4.86. The van der Waals surface area contributed by atoms with Crippen molar-refractivity contribution in [3.63, 3.8) is 0 Å². The van der Waals surface area contributed by atoms with Gasteiger partial charge in [0.05, 0.1) is 22.8 Å². The van der Waals surface area contributed by atoms with Gasteiger partial charge in [0.15, 0.2) is 9.84 Å². The second-order valence-electron chi connectivity index (χ2n) is 4.45. The van der Waals surface area contributed by atoms with Crippen LogP contribution in [0.3, 0.4) is 0 Å². The van der Waals surface area contributed by atoms with Crippen molar-refractivity contribution in [2.45, 2.75) is 31.8 Å². The molecule has 17 heavy (non-hydrogen) atoms. The Kier molecular flexibility index (Phi) is 4.29. The van der Waals surface area contributed by atoms with Crippen molar-refractivity contribution >= 4 is 21.2 Å². The van der Waals surface area contributed by atoms with Crippen LogP contribution in [0.4, 0.5) is 0 Å². The second-order valence-corrected chi connectivity index (χ2v) is 7.67. The van der Waals surface area contributed by atoms with Gasteiger partial charge in [0.2, 0.25) is 0 Å². The van der Waals surface area contributed by atoms with E-state index in [0.717, 1.165) is 6.26 Å². The molecule has 0 fully saturated rings. The summed E-state index contributed by atoms with van der Waals surface area (Å²) in [7, 11) is -1.58. The molecule has 0 aliphatic rings. The lowest BCUT2D eigenvalue weighted by Crippen LogP contribution is -2.16. The minimum Gasteiger partial charge on any atom is -0.385 e. The van der Waals surface area contributed by atoms with Crippen molar-refractivity contribution < 1.29 is 18.3 Å². The van der Waals surface area contributed by atoms with E-state index in [0.29, 0.717) is 15.6 Å². The average Bonchev–Trinajstić information content (AvgIpc) is 2.44. The van der Waals surface area contributed by atoms with Crippen molar-refractivity contribution in [3.05, 3.63) is 15.6 Å². The van der Waals surface area contributed by atoms with Crippen LogP contribution in [-0.4, -0.2) is 31.9 Å². The smallest absolute Gasteiger partial charge is 0.153 e. The van der Waals surface area contributed by atoms with Gasteiger partial charge in [-0.3, -0.25) is 0 Å². The molecule has 0 spiro atoms. The Morgan fingerprint density at radius 1 is 1.47 bits per heavy atom. The Hall–Kier alpha value is -0.500. The first-order valence-corrected chi connectivity index (χ1v) is 7.89. The zero-order valence-electron chi connectivity index (χ0n) is 10.3. The molecule has 0 saturated heterocycles. The molecule has 1 rings (SSSR count). The van der Waals surface area contributed by atoms with Gasteiger partial charge in [-0.1, -0.05) is 0 Å². The largest absolute Gasteiger partial charge is 0.385 e.